The molecule has 7 heteroatoms. The van der Waals surface area contributed by atoms with Crippen LogP contribution in [0.1, 0.15) is 26.2 Å². The fourth-order valence-corrected chi connectivity index (χ4v) is 3.63. The number of piperidine rings is 1. The molecule has 0 saturated carbocycles. The minimum absolute atomic E-state index is 0. The first-order chi connectivity index (χ1) is 11.1. The van der Waals surface area contributed by atoms with Crippen LogP contribution in [0.2, 0.25) is 0 Å². The predicted octanol–water partition coefficient (Wildman–Crippen LogP) is 2.72. The Hall–Kier alpha value is -1.17. The van der Waals surface area contributed by atoms with E-state index < -0.39 is 0 Å². The van der Waals surface area contributed by atoms with Gasteiger partial charge >= 0.3 is 0 Å². The summed E-state index contributed by atoms with van der Waals surface area (Å²) in [7, 11) is 1.70. The number of nitrogens with zero attached hydrogens (tertiary/aromatic N) is 2. The maximum absolute atomic E-state index is 12.9. The van der Waals surface area contributed by atoms with E-state index in [0.717, 1.165) is 57.0 Å². The van der Waals surface area contributed by atoms with Crippen molar-refractivity contribution in [2.24, 2.45) is 0 Å². The van der Waals surface area contributed by atoms with E-state index in [0.29, 0.717) is 0 Å². The highest BCUT2D eigenvalue weighted by atomic mass is 35.5. The summed E-state index contributed by atoms with van der Waals surface area (Å²) >= 11 is 0. The van der Waals surface area contributed by atoms with E-state index in [1.54, 1.807) is 7.11 Å². The number of nitrogens with one attached hydrogen (secondary N) is 1. The predicted molar refractivity (Wildman–Crippen MR) is 107 cm³/mol. The Bertz CT molecular complexity index is 557. The Labute approximate surface area is 162 Å². The monoisotopic (exact) mass is 389 g/mol. The van der Waals surface area contributed by atoms with Crippen LogP contribution in [0.15, 0.2) is 24.3 Å². The lowest BCUT2D eigenvalue weighted by Crippen LogP contribution is -2.61. The quantitative estimate of drug-likeness (QED) is 0.862. The van der Waals surface area contributed by atoms with Crippen LogP contribution in [0.4, 0.5) is 5.69 Å². The minimum Gasteiger partial charge on any atom is -0.495 e. The van der Waals surface area contributed by atoms with Gasteiger partial charge in [-0.15, -0.1) is 24.8 Å². The van der Waals surface area contributed by atoms with Crippen LogP contribution in [-0.2, 0) is 4.79 Å². The van der Waals surface area contributed by atoms with Crippen LogP contribution in [0, 0.1) is 0 Å². The van der Waals surface area contributed by atoms with Crippen molar-refractivity contribution in [2.75, 3.05) is 44.7 Å². The molecule has 2 aliphatic heterocycles. The first-order valence-electron chi connectivity index (χ1n) is 8.56. The third-order valence-corrected chi connectivity index (χ3v) is 5.08. The molecule has 1 amide bonds. The number of benzene rings is 1. The molecule has 2 heterocycles. The van der Waals surface area contributed by atoms with Crippen molar-refractivity contribution in [1.82, 2.24) is 10.2 Å². The van der Waals surface area contributed by atoms with Crippen molar-refractivity contribution in [3.63, 3.8) is 0 Å². The maximum atomic E-state index is 12.9. The number of ether oxygens (including phenoxy) is 1. The van der Waals surface area contributed by atoms with E-state index >= 15 is 0 Å². The zero-order chi connectivity index (χ0) is 16.3. The topological polar surface area (TPSA) is 44.8 Å². The van der Waals surface area contributed by atoms with Gasteiger partial charge in [0.2, 0.25) is 5.91 Å². The number of amides is 1. The second-order valence-corrected chi connectivity index (χ2v) is 6.67. The van der Waals surface area contributed by atoms with Crippen molar-refractivity contribution >= 4 is 36.4 Å². The summed E-state index contributed by atoms with van der Waals surface area (Å²) in [5.41, 5.74) is 0.745. The number of carbonyl (C=O) groups is 1. The average molecular weight is 390 g/mol. The summed E-state index contributed by atoms with van der Waals surface area (Å²) in [5.74, 6) is 1.16. The molecule has 2 fully saturated rings. The molecule has 1 N–H and O–H groups in total. The van der Waals surface area contributed by atoms with Crippen LogP contribution in [-0.4, -0.2) is 56.2 Å². The van der Waals surface area contributed by atoms with Crippen LogP contribution < -0.4 is 15.0 Å². The molecule has 0 aromatic heterocycles. The fraction of sp³-hybridized carbons (Fsp3) is 0.611. The molecule has 25 heavy (non-hydrogen) atoms. The molecule has 0 bridgehead atoms. The number of methoxy groups -OCH3 is 1. The van der Waals surface area contributed by atoms with Crippen molar-refractivity contribution < 1.29 is 9.53 Å². The van der Waals surface area contributed by atoms with Gasteiger partial charge in [-0.25, -0.2) is 0 Å². The lowest BCUT2D eigenvalue weighted by molar-refractivity contribution is -0.139. The van der Waals surface area contributed by atoms with Crippen molar-refractivity contribution in [1.29, 1.82) is 0 Å². The molecule has 3 rings (SSSR count). The van der Waals surface area contributed by atoms with Crippen LogP contribution in [0.25, 0.3) is 0 Å². The number of hydrogen-bond acceptors (Lipinski definition) is 4. The van der Waals surface area contributed by atoms with Gasteiger partial charge in [0.05, 0.1) is 18.3 Å². The van der Waals surface area contributed by atoms with E-state index in [4.69, 9.17) is 4.74 Å². The zero-order valence-corrected chi connectivity index (χ0v) is 16.6. The van der Waals surface area contributed by atoms with E-state index in [2.05, 4.69) is 23.2 Å². The lowest BCUT2D eigenvalue weighted by Gasteiger charge is -2.42. The van der Waals surface area contributed by atoms with Gasteiger partial charge in [-0.1, -0.05) is 12.1 Å². The Morgan fingerprint density at radius 1 is 1.12 bits per heavy atom. The third-order valence-electron chi connectivity index (χ3n) is 5.08. The van der Waals surface area contributed by atoms with Gasteiger partial charge in [-0.2, -0.15) is 0 Å². The number of para-hydroxylation sites is 2. The first-order valence-corrected chi connectivity index (χ1v) is 8.56. The summed E-state index contributed by atoms with van der Waals surface area (Å²) < 4.78 is 5.45. The molecule has 1 atom stereocenters. The summed E-state index contributed by atoms with van der Waals surface area (Å²) in [6, 6.07) is 8.08. The van der Waals surface area contributed by atoms with Gasteiger partial charge in [0.15, 0.2) is 0 Å². The van der Waals surface area contributed by atoms with Crippen molar-refractivity contribution in [3.8, 4) is 5.75 Å². The van der Waals surface area contributed by atoms with E-state index in [9.17, 15) is 4.79 Å². The second-order valence-electron chi connectivity index (χ2n) is 6.67. The van der Waals surface area contributed by atoms with Gasteiger partial charge in [0, 0.05) is 26.2 Å². The van der Waals surface area contributed by atoms with Crippen LogP contribution in [0.3, 0.4) is 0 Å². The number of piperazine rings is 1. The lowest BCUT2D eigenvalue weighted by atomic mass is 9.89. The smallest absolute Gasteiger partial charge is 0.242 e. The van der Waals surface area contributed by atoms with Crippen molar-refractivity contribution in [2.45, 2.75) is 31.7 Å². The van der Waals surface area contributed by atoms with Gasteiger partial charge < -0.3 is 19.9 Å². The Kier molecular flexibility index (Phi) is 8.32. The number of halogens is 2. The highest BCUT2D eigenvalue weighted by molar-refractivity contribution is 5.86. The van der Waals surface area contributed by atoms with Gasteiger partial charge in [0.1, 0.15) is 5.75 Å². The molecule has 1 aromatic carbocycles. The molecule has 2 aliphatic rings. The molecule has 5 nitrogen and oxygen atoms in total. The Balaban J connectivity index is 0.00000156. The SMILES string of the molecule is COc1ccccc1N1CCN(C(=O)C2(C)CCCCN2)CC1.Cl.Cl. The molecular weight excluding hydrogens is 361 g/mol. The van der Waals surface area contributed by atoms with E-state index in [1.807, 2.05) is 23.1 Å². The normalized spacial score (nSPS) is 23.3. The highest BCUT2D eigenvalue weighted by Crippen LogP contribution is 2.29. The second kappa shape index (κ2) is 9.51. The third kappa shape index (κ3) is 4.72. The van der Waals surface area contributed by atoms with E-state index in [-0.39, 0.29) is 36.3 Å². The molecular formula is C18H29Cl2N3O2. The average Bonchev–Trinajstić information content (AvgIpc) is 2.62. The van der Waals surface area contributed by atoms with E-state index in [1.165, 1.54) is 6.42 Å². The summed E-state index contributed by atoms with van der Waals surface area (Å²) in [4.78, 5) is 17.2. The number of anilines is 1. The largest absolute Gasteiger partial charge is 0.495 e. The number of carbonyl (C=O) groups excluding carboxylic acids is 1. The maximum Gasteiger partial charge on any atom is 0.242 e. The first kappa shape index (κ1) is 21.9. The van der Waals surface area contributed by atoms with Gasteiger partial charge in [0.25, 0.3) is 0 Å². The molecule has 142 valence electrons. The number of hydrogen-bond donors (Lipinski definition) is 1. The zero-order valence-electron chi connectivity index (χ0n) is 15.0. The molecule has 1 unspecified atom stereocenters. The van der Waals surface area contributed by atoms with Crippen LogP contribution >= 0.6 is 24.8 Å². The Morgan fingerprint density at radius 3 is 2.40 bits per heavy atom. The highest BCUT2D eigenvalue weighted by Gasteiger charge is 2.38. The summed E-state index contributed by atoms with van der Waals surface area (Å²) in [5, 5.41) is 3.43. The summed E-state index contributed by atoms with van der Waals surface area (Å²) in [6.45, 7) is 6.25. The molecule has 0 radical (unpaired) electrons. The molecule has 2 saturated heterocycles. The summed E-state index contributed by atoms with van der Waals surface area (Å²) in [6.07, 6.45) is 3.25. The standard InChI is InChI=1S/C18H27N3O2.2ClH/c1-18(9-5-6-10-19-18)17(22)21-13-11-20(12-14-21)15-7-3-4-8-16(15)23-2;;/h3-4,7-8,19H,5-6,9-14H2,1-2H3;2*1H. The number of rotatable bonds is 3. The molecule has 0 aliphatic carbocycles. The van der Waals surface area contributed by atoms with Crippen molar-refractivity contribution in [3.05, 3.63) is 24.3 Å². The minimum atomic E-state index is -0.370. The van der Waals surface area contributed by atoms with Crippen LogP contribution in [0.5, 0.6) is 5.75 Å². The molecule has 0 spiro atoms. The Morgan fingerprint density at radius 2 is 1.80 bits per heavy atom. The fourth-order valence-electron chi connectivity index (χ4n) is 3.63. The van der Waals surface area contributed by atoms with Gasteiger partial charge in [-0.05, 0) is 44.9 Å². The van der Waals surface area contributed by atoms with Gasteiger partial charge in [-0.3, -0.25) is 4.79 Å². The molecule has 1 aromatic rings.